The molecule has 1 aromatic heterocycles. The summed E-state index contributed by atoms with van der Waals surface area (Å²) in [5, 5.41) is 11.0. The molecule has 0 amide bonds. The molecule has 0 aliphatic heterocycles. The summed E-state index contributed by atoms with van der Waals surface area (Å²) in [6.07, 6.45) is 4.76. The van der Waals surface area contributed by atoms with Gasteiger partial charge in [0.1, 0.15) is 0 Å². The summed E-state index contributed by atoms with van der Waals surface area (Å²) in [4.78, 5) is 4.69. The van der Waals surface area contributed by atoms with Crippen LogP contribution in [0.15, 0.2) is 35.6 Å². The van der Waals surface area contributed by atoms with Gasteiger partial charge in [0.05, 0.1) is 25.5 Å². The number of aromatic nitrogens is 2. The summed E-state index contributed by atoms with van der Waals surface area (Å²) < 4.78 is 13.2. The number of benzene rings is 1. The molecule has 7 heteroatoms. The number of hydrogen-bond acceptors (Lipinski definition) is 4. The second kappa shape index (κ2) is 11.2. The Labute approximate surface area is 168 Å². The fourth-order valence-electron chi connectivity index (χ4n) is 2.84. The highest BCUT2D eigenvalue weighted by Crippen LogP contribution is 2.30. The lowest BCUT2D eigenvalue weighted by atomic mass is 10.1. The third-order valence-electron chi connectivity index (χ3n) is 4.19. The van der Waals surface area contributed by atoms with E-state index < -0.39 is 0 Å². The molecule has 7 nitrogen and oxygen atoms in total. The van der Waals surface area contributed by atoms with Crippen molar-refractivity contribution in [2.24, 2.45) is 12.0 Å². The maximum atomic E-state index is 5.74. The highest BCUT2D eigenvalue weighted by Gasteiger charge is 2.12. The molecule has 28 heavy (non-hydrogen) atoms. The van der Waals surface area contributed by atoms with Gasteiger partial charge in [-0.25, -0.2) is 0 Å². The van der Waals surface area contributed by atoms with Crippen molar-refractivity contribution in [3.05, 3.63) is 41.7 Å². The number of nitrogens with zero attached hydrogens (tertiary/aromatic N) is 3. The molecule has 154 valence electrons. The first-order valence-electron chi connectivity index (χ1n) is 9.99. The number of aryl methyl sites for hydroxylation is 1. The van der Waals surface area contributed by atoms with Gasteiger partial charge in [-0.3, -0.25) is 9.67 Å². The average molecular weight is 388 g/mol. The molecule has 0 fully saturated rings. The molecule has 0 saturated heterocycles. The van der Waals surface area contributed by atoms with Crippen LogP contribution in [0.2, 0.25) is 0 Å². The van der Waals surface area contributed by atoms with Gasteiger partial charge in [-0.05, 0) is 57.4 Å². The summed E-state index contributed by atoms with van der Waals surface area (Å²) in [6, 6.07) is 6.13. The molecular weight excluding hydrogens is 354 g/mol. The molecule has 0 radical (unpaired) electrons. The van der Waals surface area contributed by atoms with Crippen molar-refractivity contribution < 1.29 is 9.47 Å². The molecule has 0 aliphatic rings. The number of aliphatic imine (C=N–C) groups is 1. The molecule has 0 saturated carbocycles. The Morgan fingerprint density at radius 2 is 1.93 bits per heavy atom. The van der Waals surface area contributed by atoms with Crippen molar-refractivity contribution in [2.75, 3.05) is 26.3 Å². The first-order chi connectivity index (χ1) is 13.6. The maximum Gasteiger partial charge on any atom is 0.191 e. The van der Waals surface area contributed by atoms with Crippen LogP contribution in [0.25, 0.3) is 0 Å². The van der Waals surface area contributed by atoms with Crippen LogP contribution in [0.1, 0.15) is 44.9 Å². The predicted octanol–water partition coefficient (Wildman–Crippen LogP) is 3.08. The minimum atomic E-state index is 0.0751. The first kappa shape index (κ1) is 21.6. The van der Waals surface area contributed by atoms with Gasteiger partial charge in [0, 0.05) is 26.3 Å². The van der Waals surface area contributed by atoms with E-state index in [9.17, 15) is 0 Å². The van der Waals surface area contributed by atoms with Gasteiger partial charge in [0.15, 0.2) is 17.5 Å². The summed E-state index contributed by atoms with van der Waals surface area (Å²) >= 11 is 0. The third-order valence-corrected chi connectivity index (χ3v) is 4.19. The fraction of sp³-hybridized carbons (Fsp3) is 0.524. The molecular formula is C21H33N5O2. The van der Waals surface area contributed by atoms with Gasteiger partial charge in [-0.15, -0.1) is 0 Å². The van der Waals surface area contributed by atoms with Crippen molar-refractivity contribution in [1.82, 2.24) is 20.4 Å². The summed E-state index contributed by atoms with van der Waals surface area (Å²) in [5.41, 5.74) is 2.30. The van der Waals surface area contributed by atoms with E-state index in [0.717, 1.165) is 36.0 Å². The zero-order valence-electron chi connectivity index (χ0n) is 17.7. The van der Waals surface area contributed by atoms with E-state index in [-0.39, 0.29) is 6.04 Å². The van der Waals surface area contributed by atoms with Gasteiger partial charge in [-0.1, -0.05) is 6.07 Å². The van der Waals surface area contributed by atoms with Crippen LogP contribution in [0.5, 0.6) is 11.5 Å². The maximum absolute atomic E-state index is 5.74. The molecule has 0 bridgehead atoms. The third kappa shape index (κ3) is 6.48. The molecule has 1 unspecified atom stereocenters. The van der Waals surface area contributed by atoms with Gasteiger partial charge in [0.25, 0.3) is 0 Å². The normalized spacial score (nSPS) is 12.5. The second-order valence-electron chi connectivity index (χ2n) is 6.47. The monoisotopic (exact) mass is 387 g/mol. The molecule has 1 aromatic carbocycles. The molecule has 2 aromatic rings. The van der Waals surface area contributed by atoms with Crippen molar-refractivity contribution in [3.8, 4) is 11.5 Å². The molecule has 0 spiro atoms. The number of guanidine groups is 1. The Kier molecular flexibility index (Phi) is 8.65. The van der Waals surface area contributed by atoms with Crippen LogP contribution < -0.4 is 20.1 Å². The topological polar surface area (TPSA) is 72.7 Å². The van der Waals surface area contributed by atoms with Crippen LogP contribution in [0, 0.1) is 0 Å². The highest BCUT2D eigenvalue weighted by molar-refractivity contribution is 5.80. The molecule has 1 heterocycles. The molecule has 0 aliphatic carbocycles. The van der Waals surface area contributed by atoms with E-state index >= 15 is 0 Å². The molecule has 2 N–H and O–H groups in total. The van der Waals surface area contributed by atoms with E-state index in [1.807, 2.05) is 50.1 Å². The van der Waals surface area contributed by atoms with Gasteiger partial charge in [0.2, 0.25) is 0 Å². The van der Waals surface area contributed by atoms with Gasteiger partial charge >= 0.3 is 0 Å². The van der Waals surface area contributed by atoms with Gasteiger partial charge in [-0.2, -0.15) is 5.10 Å². The smallest absolute Gasteiger partial charge is 0.191 e. The fourth-order valence-corrected chi connectivity index (χ4v) is 2.84. The Hall–Kier alpha value is -2.70. The van der Waals surface area contributed by atoms with E-state index in [2.05, 4.69) is 35.6 Å². The van der Waals surface area contributed by atoms with Crippen molar-refractivity contribution in [2.45, 2.75) is 40.2 Å². The first-order valence-corrected chi connectivity index (χ1v) is 9.99. The van der Waals surface area contributed by atoms with Crippen LogP contribution in [0.3, 0.4) is 0 Å². The second-order valence-corrected chi connectivity index (χ2v) is 6.47. The predicted molar refractivity (Wildman–Crippen MR) is 113 cm³/mol. The van der Waals surface area contributed by atoms with Crippen molar-refractivity contribution >= 4 is 5.96 Å². The largest absolute Gasteiger partial charge is 0.490 e. The zero-order chi connectivity index (χ0) is 20.4. The average Bonchev–Trinajstić information content (AvgIpc) is 3.08. The Morgan fingerprint density at radius 1 is 1.18 bits per heavy atom. The number of hydrogen-bond donors (Lipinski definition) is 2. The number of nitrogens with one attached hydrogen (secondary N) is 2. The zero-order valence-corrected chi connectivity index (χ0v) is 17.7. The lowest BCUT2D eigenvalue weighted by Gasteiger charge is -2.20. The SMILES string of the molecule is CCNC(=NCCc1cnn(C)c1)NC(C)c1ccc(OCC)c(OCC)c1. The lowest BCUT2D eigenvalue weighted by molar-refractivity contribution is 0.287. The molecule has 2 rings (SSSR count). The van der Waals surface area contributed by atoms with Crippen LogP contribution in [0.4, 0.5) is 0 Å². The number of ether oxygens (including phenoxy) is 2. The van der Waals surface area contributed by atoms with Crippen molar-refractivity contribution in [1.29, 1.82) is 0 Å². The van der Waals surface area contributed by atoms with Crippen LogP contribution in [-0.4, -0.2) is 42.0 Å². The Bertz CT molecular complexity index is 757. The lowest BCUT2D eigenvalue weighted by Crippen LogP contribution is -2.38. The summed E-state index contributed by atoms with van der Waals surface area (Å²) in [6.45, 7) is 10.8. The van der Waals surface area contributed by atoms with E-state index in [1.54, 1.807) is 0 Å². The minimum absolute atomic E-state index is 0.0751. The van der Waals surface area contributed by atoms with E-state index in [1.165, 1.54) is 5.56 Å². The Morgan fingerprint density at radius 3 is 2.57 bits per heavy atom. The highest BCUT2D eigenvalue weighted by atomic mass is 16.5. The minimum Gasteiger partial charge on any atom is -0.490 e. The van der Waals surface area contributed by atoms with E-state index in [0.29, 0.717) is 19.8 Å². The van der Waals surface area contributed by atoms with E-state index in [4.69, 9.17) is 14.5 Å². The molecule has 1 atom stereocenters. The summed E-state index contributed by atoms with van der Waals surface area (Å²) in [7, 11) is 1.92. The van der Waals surface area contributed by atoms with Gasteiger partial charge < -0.3 is 20.1 Å². The standard InChI is InChI=1S/C21H33N5O2/c1-6-22-21(23-12-11-17-14-24-26(5)15-17)25-16(4)18-9-10-19(27-7-2)20(13-18)28-8-3/h9-10,13-16H,6-8,11-12H2,1-5H3,(H2,22,23,25). The Balaban J connectivity index is 2.04. The summed E-state index contributed by atoms with van der Waals surface area (Å²) in [5.74, 6) is 2.34. The van der Waals surface area contributed by atoms with Crippen LogP contribution >= 0.6 is 0 Å². The quantitative estimate of drug-likeness (QED) is 0.484. The van der Waals surface area contributed by atoms with Crippen LogP contribution in [-0.2, 0) is 13.5 Å². The number of rotatable bonds is 10. The van der Waals surface area contributed by atoms with Crippen molar-refractivity contribution in [3.63, 3.8) is 0 Å².